The van der Waals surface area contributed by atoms with Gasteiger partial charge in [-0.15, -0.1) is 11.3 Å². The van der Waals surface area contributed by atoms with Crippen LogP contribution in [0, 0.1) is 6.92 Å². The van der Waals surface area contributed by atoms with Gasteiger partial charge in [-0.05, 0) is 34.6 Å². The van der Waals surface area contributed by atoms with E-state index in [0.717, 1.165) is 18.8 Å². The topological polar surface area (TPSA) is 37.0 Å². The van der Waals surface area contributed by atoms with Crippen LogP contribution in [0.3, 0.4) is 0 Å². The summed E-state index contributed by atoms with van der Waals surface area (Å²) < 4.78 is 0. The number of aromatic nitrogens is 1. The van der Waals surface area contributed by atoms with Gasteiger partial charge in [-0.1, -0.05) is 0 Å². The fraction of sp³-hybridized carbons (Fsp3) is 0.750. The van der Waals surface area contributed by atoms with Crippen LogP contribution < -0.4 is 10.6 Å². The molecule has 4 heteroatoms. The zero-order valence-corrected chi connectivity index (χ0v) is 11.7. The fourth-order valence-electron chi connectivity index (χ4n) is 1.29. The Bertz CT molecular complexity index is 314. The molecule has 0 spiro atoms. The molecule has 0 aromatic carbocycles. The molecule has 16 heavy (non-hydrogen) atoms. The Morgan fingerprint density at radius 1 is 1.44 bits per heavy atom. The summed E-state index contributed by atoms with van der Waals surface area (Å²) in [5.41, 5.74) is 3.24. The predicted octanol–water partition coefficient (Wildman–Crippen LogP) is 2.32. The molecule has 0 aliphatic rings. The fourth-order valence-corrected chi connectivity index (χ4v) is 2.02. The van der Waals surface area contributed by atoms with E-state index >= 15 is 0 Å². The number of hydrogen-bond donors (Lipinski definition) is 2. The Hall–Kier alpha value is -0.450. The Balaban J connectivity index is 2.25. The highest BCUT2D eigenvalue weighted by molar-refractivity contribution is 7.09. The minimum atomic E-state index is 0.191. The van der Waals surface area contributed by atoms with E-state index in [1.165, 1.54) is 4.88 Å². The molecule has 1 heterocycles. The van der Waals surface area contributed by atoms with Gasteiger partial charge in [0, 0.05) is 29.5 Å². The molecule has 1 rings (SSSR count). The van der Waals surface area contributed by atoms with Crippen molar-refractivity contribution >= 4 is 11.3 Å². The van der Waals surface area contributed by atoms with Crippen LogP contribution in [-0.4, -0.2) is 23.1 Å². The Kier molecular flexibility index (Phi) is 4.89. The summed E-state index contributed by atoms with van der Waals surface area (Å²) >= 11 is 1.72. The Morgan fingerprint density at radius 3 is 2.62 bits per heavy atom. The third-order valence-electron chi connectivity index (χ3n) is 2.39. The summed E-state index contributed by atoms with van der Waals surface area (Å²) in [4.78, 5) is 5.58. The number of rotatable bonds is 5. The van der Waals surface area contributed by atoms with Crippen molar-refractivity contribution in [2.45, 2.75) is 52.7 Å². The summed E-state index contributed by atoms with van der Waals surface area (Å²) in [6, 6.07) is 0.473. The molecule has 0 fully saturated rings. The number of aryl methyl sites for hydroxylation is 1. The molecule has 1 atom stereocenters. The highest BCUT2D eigenvalue weighted by Crippen LogP contribution is 2.11. The molecule has 2 N–H and O–H groups in total. The normalized spacial score (nSPS) is 14.1. The summed E-state index contributed by atoms with van der Waals surface area (Å²) in [7, 11) is 0. The van der Waals surface area contributed by atoms with Gasteiger partial charge in [0.15, 0.2) is 0 Å². The van der Waals surface area contributed by atoms with Crippen LogP contribution in [0.4, 0.5) is 0 Å². The second-order valence-electron chi connectivity index (χ2n) is 5.27. The molecule has 1 unspecified atom stereocenters. The van der Waals surface area contributed by atoms with Crippen molar-refractivity contribution in [3.63, 3.8) is 0 Å². The highest BCUT2D eigenvalue weighted by atomic mass is 32.1. The van der Waals surface area contributed by atoms with Gasteiger partial charge in [0.25, 0.3) is 0 Å². The molecule has 1 aromatic heterocycles. The lowest BCUT2D eigenvalue weighted by molar-refractivity contribution is 0.387. The molecule has 0 radical (unpaired) electrons. The molecule has 3 nitrogen and oxygen atoms in total. The van der Waals surface area contributed by atoms with Gasteiger partial charge in [0.05, 0.1) is 11.2 Å². The standard InChI is InChI=1S/C12H23N3S/c1-9(6-15-12(3,4)5)13-7-11-10(2)14-8-16-11/h8-9,13,15H,6-7H2,1-5H3. The molecule has 0 bridgehead atoms. The first-order chi connectivity index (χ1) is 7.38. The first kappa shape index (κ1) is 13.6. The molecule has 92 valence electrons. The molecular formula is C12H23N3S. The average Bonchev–Trinajstić information content (AvgIpc) is 2.57. The van der Waals surface area contributed by atoms with Gasteiger partial charge < -0.3 is 10.6 Å². The SMILES string of the molecule is Cc1ncsc1CNC(C)CNC(C)(C)C. The molecule has 0 saturated heterocycles. The zero-order chi connectivity index (χ0) is 12.2. The van der Waals surface area contributed by atoms with Crippen molar-refractivity contribution in [3.8, 4) is 0 Å². The smallest absolute Gasteiger partial charge is 0.0798 e. The van der Waals surface area contributed by atoms with Gasteiger partial charge >= 0.3 is 0 Å². The average molecular weight is 241 g/mol. The number of nitrogens with one attached hydrogen (secondary N) is 2. The number of nitrogens with zero attached hydrogens (tertiary/aromatic N) is 1. The zero-order valence-electron chi connectivity index (χ0n) is 10.9. The Morgan fingerprint density at radius 2 is 2.12 bits per heavy atom. The van der Waals surface area contributed by atoms with E-state index in [1.54, 1.807) is 11.3 Å². The van der Waals surface area contributed by atoms with Crippen LogP contribution in [0.5, 0.6) is 0 Å². The van der Waals surface area contributed by atoms with Crippen molar-refractivity contribution < 1.29 is 0 Å². The van der Waals surface area contributed by atoms with Crippen molar-refractivity contribution in [3.05, 3.63) is 16.1 Å². The Labute approximate surface area is 103 Å². The van der Waals surface area contributed by atoms with Crippen LogP contribution in [0.15, 0.2) is 5.51 Å². The molecular weight excluding hydrogens is 218 g/mol. The first-order valence-corrected chi connectivity index (χ1v) is 6.64. The van der Waals surface area contributed by atoms with Gasteiger partial charge in [0.1, 0.15) is 0 Å². The molecule has 1 aromatic rings. The largest absolute Gasteiger partial charge is 0.311 e. The van der Waals surface area contributed by atoms with E-state index in [9.17, 15) is 0 Å². The van der Waals surface area contributed by atoms with Crippen LogP contribution in [0.25, 0.3) is 0 Å². The van der Waals surface area contributed by atoms with Crippen LogP contribution in [0.2, 0.25) is 0 Å². The summed E-state index contributed by atoms with van der Waals surface area (Å²) in [5, 5.41) is 7.00. The third-order valence-corrected chi connectivity index (χ3v) is 3.33. The third kappa shape index (κ3) is 5.05. The van der Waals surface area contributed by atoms with Crippen molar-refractivity contribution in [1.82, 2.24) is 15.6 Å². The van der Waals surface area contributed by atoms with Gasteiger partial charge in [-0.2, -0.15) is 0 Å². The number of hydrogen-bond acceptors (Lipinski definition) is 4. The van der Waals surface area contributed by atoms with E-state index in [0.29, 0.717) is 6.04 Å². The van der Waals surface area contributed by atoms with Gasteiger partial charge in [-0.25, -0.2) is 4.98 Å². The first-order valence-electron chi connectivity index (χ1n) is 5.76. The van der Waals surface area contributed by atoms with E-state index in [2.05, 4.69) is 50.2 Å². The maximum absolute atomic E-state index is 4.24. The lowest BCUT2D eigenvalue weighted by Crippen LogP contribution is -2.44. The maximum Gasteiger partial charge on any atom is 0.0798 e. The van der Waals surface area contributed by atoms with Crippen LogP contribution in [0.1, 0.15) is 38.3 Å². The van der Waals surface area contributed by atoms with Crippen molar-refractivity contribution in [2.24, 2.45) is 0 Å². The molecule has 0 aliphatic carbocycles. The minimum Gasteiger partial charge on any atom is -0.311 e. The maximum atomic E-state index is 4.24. The highest BCUT2D eigenvalue weighted by Gasteiger charge is 2.11. The second-order valence-corrected chi connectivity index (χ2v) is 6.21. The van der Waals surface area contributed by atoms with E-state index < -0.39 is 0 Å². The van der Waals surface area contributed by atoms with Crippen LogP contribution >= 0.6 is 11.3 Å². The van der Waals surface area contributed by atoms with E-state index in [1.807, 2.05) is 5.51 Å². The monoisotopic (exact) mass is 241 g/mol. The molecule has 0 amide bonds. The van der Waals surface area contributed by atoms with Gasteiger partial charge in [-0.3, -0.25) is 0 Å². The summed E-state index contributed by atoms with van der Waals surface area (Å²) in [6.45, 7) is 12.7. The quantitative estimate of drug-likeness (QED) is 0.830. The van der Waals surface area contributed by atoms with Crippen molar-refractivity contribution in [1.29, 1.82) is 0 Å². The summed E-state index contributed by atoms with van der Waals surface area (Å²) in [6.07, 6.45) is 0. The minimum absolute atomic E-state index is 0.191. The second kappa shape index (κ2) is 5.75. The van der Waals surface area contributed by atoms with E-state index in [-0.39, 0.29) is 5.54 Å². The number of thiazole rings is 1. The molecule has 0 aliphatic heterocycles. The summed E-state index contributed by atoms with van der Waals surface area (Å²) in [5.74, 6) is 0. The predicted molar refractivity (Wildman–Crippen MR) is 70.9 cm³/mol. The van der Waals surface area contributed by atoms with E-state index in [4.69, 9.17) is 0 Å². The molecule has 0 saturated carbocycles. The van der Waals surface area contributed by atoms with Crippen molar-refractivity contribution in [2.75, 3.05) is 6.54 Å². The van der Waals surface area contributed by atoms with Crippen LogP contribution in [-0.2, 0) is 6.54 Å². The van der Waals surface area contributed by atoms with Gasteiger partial charge in [0.2, 0.25) is 0 Å². The lowest BCUT2D eigenvalue weighted by atomic mass is 10.1. The lowest BCUT2D eigenvalue weighted by Gasteiger charge is -2.24.